The fraction of sp³-hybridized carbons (Fsp3) is 0.360. The molecule has 0 saturated carbocycles. The predicted octanol–water partition coefficient (Wildman–Crippen LogP) is 5.57. The number of rotatable bonds is 8. The number of unbranched alkanes of at least 4 members (excludes halogenated alkanes) is 1. The van der Waals surface area contributed by atoms with Crippen molar-refractivity contribution in [3.8, 4) is 5.75 Å². The molecule has 0 spiro atoms. The zero-order valence-electron chi connectivity index (χ0n) is 18.1. The summed E-state index contributed by atoms with van der Waals surface area (Å²) in [5, 5.41) is 10.2. The van der Waals surface area contributed by atoms with Gasteiger partial charge < -0.3 is 9.84 Å². The van der Waals surface area contributed by atoms with Crippen molar-refractivity contribution in [3.63, 3.8) is 0 Å². The number of benzene rings is 2. The van der Waals surface area contributed by atoms with Crippen molar-refractivity contribution >= 4 is 22.8 Å². The summed E-state index contributed by atoms with van der Waals surface area (Å²) in [5.74, 6) is -0.0337. The molecule has 0 fully saturated rings. The van der Waals surface area contributed by atoms with Crippen molar-refractivity contribution in [2.75, 3.05) is 6.61 Å². The lowest BCUT2D eigenvalue weighted by molar-refractivity contribution is -0.136. The normalized spacial score (nSPS) is 11.2. The summed E-state index contributed by atoms with van der Waals surface area (Å²) in [5.41, 5.74) is 3.75. The van der Waals surface area contributed by atoms with E-state index in [1.54, 1.807) is 28.8 Å². The van der Waals surface area contributed by atoms with Gasteiger partial charge in [0.2, 0.25) is 0 Å². The van der Waals surface area contributed by atoms with Gasteiger partial charge in [0.1, 0.15) is 5.75 Å². The minimum atomic E-state index is -0.909. The van der Waals surface area contributed by atoms with E-state index < -0.39 is 5.97 Å². The summed E-state index contributed by atoms with van der Waals surface area (Å²) in [6, 6.07) is 13.1. The molecule has 158 valence electrons. The van der Waals surface area contributed by atoms with Crippen LogP contribution in [0.5, 0.6) is 5.75 Å². The fourth-order valence-corrected chi connectivity index (χ4v) is 3.65. The maximum absolute atomic E-state index is 13.3. The summed E-state index contributed by atoms with van der Waals surface area (Å²) >= 11 is 0. The Morgan fingerprint density at radius 1 is 1.10 bits per heavy atom. The number of aliphatic carboxylic acids is 1. The van der Waals surface area contributed by atoms with E-state index in [-0.39, 0.29) is 12.3 Å². The Morgan fingerprint density at radius 3 is 2.40 bits per heavy atom. The molecule has 5 heteroatoms. The highest BCUT2D eigenvalue weighted by Crippen LogP contribution is 2.30. The lowest BCUT2D eigenvalue weighted by Gasteiger charge is -2.10. The lowest BCUT2D eigenvalue weighted by atomic mass is 9.99. The van der Waals surface area contributed by atoms with Gasteiger partial charge in [0, 0.05) is 16.6 Å². The molecule has 0 radical (unpaired) electrons. The molecule has 0 bridgehead atoms. The molecule has 3 aromatic rings. The van der Waals surface area contributed by atoms with E-state index in [9.17, 15) is 14.7 Å². The monoisotopic (exact) mass is 407 g/mol. The fourth-order valence-electron chi connectivity index (χ4n) is 3.65. The van der Waals surface area contributed by atoms with Crippen molar-refractivity contribution in [2.45, 2.75) is 52.9 Å². The third kappa shape index (κ3) is 4.40. The van der Waals surface area contributed by atoms with Crippen LogP contribution in [0, 0.1) is 6.92 Å². The summed E-state index contributed by atoms with van der Waals surface area (Å²) in [4.78, 5) is 24.8. The van der Waals surface area contributed by atoms with Gasteiger partial charge in [0.25, 0.3) is 5.91 Å². The van der Waals surface area contributed by atoms with Crippen LogP contribution < -0.4 is 4.74 Å². The van der Waals surface area contributed by atoms with Gasteiger partial charge in [-0.2, -0.15) is 0 Å². The quantitative estimate of drug-likeness (QED) is 0.496. The number of carboxylic acid groups (broad SMARTS) is 1. The number of hydrogen-bond donors (Lipinski definition) is 1. The van der Waals surface area contributed by atoms with E-state index in [0.29, 0.717) is 29.3 Å². The maximum atomic E-state index is 13.3. The van der Waals surface area contributed by atoms with E-state index in [1.165, 1.54) is 0 Å². The van der Waals surface area contributed by atoms with E-state index in [4.69, 9.17) is 4.74 Å². The number of ether oxygens (including phenoxy) is 1. The van der Waals surface area contributed by atoms with E-state index in [0.717, 1.165) is 35.1 Å². The van der Waals surface area contributed by atoms with Crippen LogP contribution in [0.25, 0.3) is 10.9 Å². The standard InChI is InChI=1S/C25H29NO4/c1-5-6-13-30-20-10-7-18(8-11-20)25(29)26-17(4)21(15-24(27)28)22-14-19(16(2)3)9-12-23(22)26/h7-12,14,16H,5-6,13,15H2,1-4H3,(H,27,28). The van der Waals surface area contributed by atoms with Crippen LogP contribution in [0.2, 0.25) is 0 Å². The molecule has 0 unspecified atom stereocenters. The van der Waals surface area contributed by atoms with Gasteiger partial charge in [0.15, 0.2) is 0 Å². The second kappa shape index (κ2) is 9.16. The second-order valence-electron chi connectivity index (χ2n) is 7.93. The molecule has 0 atom stereocenters. The first-order valence-corrected chi connectivity index (χ1v) is 10.5. The largest absolute Gasteiger partial charge is 0.494 e. The summed E-state index contributed by atoms with van der Waals surface area (Å²) in [7, 11) is 0. The average molecular weight is 408 g/mol. The van der Waals surface area contributed by atoms with Crippen LogP contribution in [-0.4, -0.2) is 28.2 Å². The number of aromatic nitrogens is 1. The highest BCUT2D eigenvalue weighted by Gasteiger charge is 2.22. The van der Waals surface area contributed by atoms with Crippen molar-refractivity contribution in [1.82, 2.24) is 4.57 Å². The smallest absolute Gasteiger partial charge is 0.307 e. The van der Waals surface area contributed by atoms with E-state index in [2.05, 4.69) is 20.8 Å². The second-order valence-corrected chi connectivity index (χ2v) is 7.93. The molecular weight excluding hydrogens is 378 g/mol. The van der Waals surface area contributed by atoms with Crippen LogP contribution >= 0.6 is 0 Å². The first-order valence-electron chi connectivity index (χ1n) is 10.5. The molecule has 5 nitrogen and oxygen atoms in total. The zero-order chi connectivity index (χ0) is 21.8. The first kappa shape index (κ1) is 21.6. The third-order valence-electron chi connectivity index (χ3n) is 5.42. The summed E-state index contributed by atoms with van der Waals surface area (Å²) in [6.45, 7) is 8.77. The number of carbonyl (C=O) groups is 2. The Labute approximate surface area is 177 Å². The Bertz CT molecular complexity index is 1060. The van der Waals surface area contributed by atoms with Crippen LogP contribution in [-0.2, 0) is 11.2 Å². The molecule has 0 saturated heterocycles. The highest BCUT2D eigenvalue weighted by atomic mass is 16.5. The topological polar surface area (TPSA) is 68.5 Å². The molecule has 0 aliphatic heterocycles. The Balaban J connectivity index is 2.03. The van der Waals surface area contributed by atoms with E-state index in [1.807, 2.05) is 25.1 Å². The number of hydrogen-bond acceptors (Lipinski definition) is 3. The lowest BCUT2D eigenvalue weighted by Crippen LogP contribution is -2.14. The maximum Gasteiger partial charge on any atom is 0.307 e. The average Bonchev–Trinajstić information content (AvgIpc) is 2.98. The molecule has 0 amide bonds. The van der Waals surface area contributed by atoms with Crippen molar-refractivity contribution in [1.29, 1.82) is 0 Å². The van der Waals surface area contributed by atoms with E-state index >= 15 is 0 Å². The Kier molecular flexibility index (Phi) is 6.60. The molecule has 2 aromatic carbocycles. The van der Waals surface area contributed by atoms with Crippen LogP contribution in [0.15, 0.2) is 42.5 Å². The van der Waals surface area contributed by atoms with Crippen LogP contribution in [0.4, 0.5) is 0 Å². The van der Waals surface area contributed by atoms with Gasteiger partial charge in [-0.05, 0) is 66.8 Å². The molecule has 1 aromatic heterocycles. The summed E-state index contributed by atoms with van der Waals surface area (Å²) in [6.07, 6.45) is 1.93. The molecule has 30 heavy (non-hydrogen) atoms. The van der Waals surface area contributed by atoms with Crippen molar-refractivity contribution < 1.29 is 19.4 Å². The van der Waals surface area contributed by atoms with Gasteiger partial charge in [-0.15, -0.1) is 0 Å². The summed E-state index contributed by atoms with van der Waals surface area (Å²) < 4.78 is 7.31. The predicted molar refractivity (Wildman–Crippen MR) is 119 cm³/mol. The number of carboxylic acids is 1. The highest BCUT2D eigenvalue weighted by molar-refractivity contribution is 6.04. The number of fused-ring (bicyclic) bond motifs is 1. The zero-order valence-corrected chi connectivity index (χ0v) is 18.1. The van der Waals surface area contributed by atoms with Gasteiger partial charge in [-0.1, -0.05) is 33.3 Å². The minimum Gasteiger partial charge on any atom is -0.494 e. The van der Waals surface area contributed by atoms with Gasteiger partial charge in [-0.3, -0.25) is 14.2 Å². The molecular formula is C25H29NO4. The van der Waals surface area contributed by atoms with Gasteiger partial charge in [-0.25, -0.2) is 0 Å². The van der Waals surface area contributed by atoms with Gasteiger partial charge in [0.05, 0.1) is 18.5 Å². The van der Waals surface area contributed by atoms with Gasteiger partial charge >= 0.3 is 5.97 Å². The van der Waals surface area contributed by atoms with Crippen molar-refractivity contribution in [3.05, 3.63) is 64.8 Å². The third-order valence-corrected chi connectivity index (χ3v) is 5.42. The molecule has 1 heterocycles. The minimum absolute atomic E-state index is 0.117. The first-order chi connectivity index (χ1) is 14.3. The molecule has 0 aliphatic carbocycles. The molecule has 3 rings (SSSR count). The SMILES string of the molecule is CCCCOc1ccc(C(=O)n2c(C)c(CC(=O)O)c3cc(C(C)C)ccc32)cc1. The molecule has 0 aliphatic rings. The number of carbonyl (C=O) groups excluding carboxylic acids is 1. The Morgan fingerprint density at radius 2 is 1.80 bits per heavy atom. The van der Waals surface area contributed by atoms with Crippen LogP contribution in [0.3, 0.4) is 0 Å². The Hall–Kier alpha value is -3.08. The van der Waals surface area contributed by atoms with Crippen LogP contribution in [0.1, 0.15) is 66.7 Å². The molecule has 1 N–H and O–H groups in total. The van der Waals surface area contributed by atoms with Crippen molar-refractivity contribution in [2.24, 2.45) is 0 Å². The number of nitrogens with zero attached hydrogens (tertiary/aromatic N) is 1.